The molecule has 1 rings (SSSR count). The Morgan fingerprint density at radius 2 is 1.95 bits per heavy atom. The van der Waals surface area contributed by atoms with Crippen molar-refractivity contribution in [3.63, 3.8) is 0 Å². The van der Waals surface area contributed by atoms with Crippen molar-refractivity contribution >= 4 is 14.4 Å². The summed E-state index contributed by atoms with van der Waals surface area (Å²) < 4.78 is 6.26. The molecular weight excluding hydrogens is 260 g/mol. The normalized spacial score (nSPS) is 26.2. The Bertz CT molecular complexity index is 328. The van der Waals surface area contributed by atoms with Crippen molar-refractivity contribution in [2.75, 3.05) is 13.1 Å². The van der Waals surface area contributed by atoms with Crippen molar-refractivity contribution in [3.05, 3.63) is 0 Å². The Morgan fingerprint density at radius 3 is 2.42 bits per heavy atom. The van der Waals surface area contributed by atoms with Crippen LogP contribution in [-0.4, -0.2) is 43.7 Å². The lowest BCUT2D eigenvalue weighted by atomic mass is 9.97. The number of nitrogens with one attached hydrogen (secondary N) is 1. The standard InChI is InChI=1S/C13H28N2O3Si/c1-10-7-11(14-12(16)17)9-15(8-10)18-19(5,6)13(2,3)4/h10-11,14H,7-9H2,1-6H3,(H,16,17). The van der Waals surface area contributed by atoms with Gasteiger partial charge in [0.1, 0.15) is 0 Å². The van der Waals surface area contributed by atoms with Gasteiger partial charge in [-0.25, -0.2) is 4.79 Å². The number of rotatable bonds is 3. The van der Waals surface area contributed by atoms with Crippen molar-refractivity contribution in [2.24, 2.45) is 5.92 Å². The molecule has 1 heterocycles. The first-order chi connectivity index (χ1) is 8.51. The molecule has 2 unspecified atom stereocenters. The molecule has 2 atom stereocenters. The molecule has 0 radical (unpaired) electrons. The lowest BCUT2D eigenvalue weighted by Crippen LogP contribution is -2.55. The topological polar surface area (TPSA) is 61.8 Å². The van der Waals surface area contributed by atoms with Crippen molar-refractivity contribution in [1.82, 2.24) is 10.4 Å². The SMILES string of the molecule is CC1CC(NC(=O)O)CN(O[Si](C)(C)C(C)(C)C)C1. The highest BCUT2D eigenvalue weighted by Crippen LogP contribution is 2.37. The zero-order valence-electron chi connectivity index (χ0n) is 13.0. The summed E-state index contributed by atoms with van der Waals surface area (Å²) in [6, 6.07) is -0.0361. The average molecular weight is 288 g/mol. The quantitative estimate of drug-likeness (QED) is 0.784. The van der Waals surface area contributed by atoms with E-state index in [4.69, 9.17) is 9.63 Å². The smallest absolute Gasteiger partial charge is 0.404 e. The lowest BCUT2D eigenvalue weighted by molar-refractivity contribution is -0.106. The molecule has 19 heavy (non-hydrogen) atoms. The average Bonchev–Trinajstić information content (AvgIpc) is 2.11. The molecule has 0 aliphatic carbocycles. The van der Waals surface area contributed by atoms with Gasteiger partial charge in [-0.1, -0.05) is 27.7 Å². The van der Waals surface area contributed by atoms with Crippen LogP contribution in [0.2, 0.25) is 18.1 Å². The number of hydrogen-bond donors (Lipinski definition) is 2. The van der Waals surface area contributed by atoms with Crippen LogP contribution in [0.15, 0.2) is 0 Å². The van der Waals surface area contributed by atoms with Crippen LogP contribution in [0, 0.1) is 5.92 Å². The zero-order chi connectivity index (χ0) is 14.8. The first-order valence-corrected chi connectivity index (χ1v) is 9.85. The molecule has 0 saturated carbocycles. The fourth-order valence-corrected chi connectivity index (χ4v) is 3.18. The number of amides is 1. The fourth-order valence-electron chi connectivity index (χ4n) is 2.12. The first-order valence-electron chi connectivity index (χ1n) is 6.95. The van der Waals surface area contributed by atoms with Gasteiger partial charge in [-0.05, 0) is 30.5 Å². The van der Waals surface area contributed by atoms with Gasteiger partial charge in [-0.3, -0.25) is 0 Å². The first kappa shape index (κ1) is 16.5. The van der Waals surface area contributed by atoms with Gasteiger partial charge in [0.25, 0.3) is 0 Å². The van der Waals surface area contributed by atoms with Crippen molar-refractivity contribution in [3.8, 4) is 0 Å². The highest BCUT2D eigenvalue weighted by atomic mass is 28.4. The summed E-state index contributed by atoms with van der Waals surface area (Å²) in [5.41, 5.74) is 0. The zero-order valence-corrected chi connectivity index (χ0v) is 14.0. The summed E-state index contributed by atoms with van der Waals surface area (Å²) in [6.07, 6.45) is -0.0738. The summed E-state index contributed by atoms with van der Waals surface area (Å²) in [5, 5.41) is 13.5. The summed E-state index contributed by atoms with van der Waals surface area (Å²) in [4.78, 5) is 10.8. The molecule has 0 aromatic carbocycles. The van der Waals surface area contributed by atoms with Gasteiger partial charge >= 0.3 is 6.09 Å². The minimum absolute atomic E-state index is 0.0361. The van der Waals surface area contributed by atoms with Crippen molar-refractivity contribution in [2.45, 2.75) is 58.3 Å². The second-order valence-corrected chi connectivity index (χ2v) is 11.9. The van der Waals surface area contributed by atoms with Crippen LogP contribution in [-0.2, 0) is 4.53 Å². The number of carbonyl (C=O) groups is 1. The molecule has 1 fully saturated rings. The van der Waals surface area contributed by atoms with E-state index in [1.165, 1.54) is 0 Å². The summed E-state index contributed by atoms with van der Waals surface area (Å²) in [6.45, 7) is 14.7. The number of hydroxylamine groups is 2. The number of carboxylic acid groups (broad SMARTS) is 1. The molecule has 0 aromatic heterocycles. The second-order valence-electron chi connectivity index (χ2n) is 7.19. The third kappa shape index (κ3) is 4.78. The molecule has 0 aromatic rings. The van der Waals surface area contributed by atoms with Crippen molar-refractivity contribution < 1.29 is 14.4 Å². The van der Waals surface area contributed by atoms with Crippen LogP contribution < -0.4 is 5.32 Å². The number of hydrogen-bond acceptors (Lipinski definition) is 3. The Labute approximate surface area is 117 Å². The molecule has 0 bridgehead atoms. The van der Waals surface area contributed by atoms with E-state index in [9.17, 15) is 4.79 Å². The van der Waals surface area contributed by atoms with E-state index in [0.717, 1.165) is 13.0 Å². The van der Waals surface area contributed by atoms with Gasteiger partial charge in [0.2, 0.25) is 8.32 Å². The molecule has 112 valence electrons. The van der Waals surface area contributed by atoms with E-state index in [0.29, 0.717) is 12.5 Å². The predicted molar refractivity (Wildman–Crippen MR) is 78.6 cm³/mol. The van der Waals surface area contributed by atoms with Crippen LogP contribution in [0.5, 0.6) is 0 Å². The van der Waals surface area contributed by atoms with E-state index in [-0.39, 0.29) is 11.1 Å². The maximum absolute atomic E-state index is 10.8. The predicted octanol–water partition coefficient (Wildman–Crippen LogP) is 2.90. The summed E-state index contributed by atoms with van der Waals surface area (Å²) in [7, 11) is -1.84. The third-order valence-electron chi connectivity index (χ3n) is 4.12. The Hall–Kier alpha value is -0.593. The maximum Gasteiger partial charge on any atom is 0.404 e. The highest BCUT2D eigenvalue weighted by molar-refractivity contribution is 6.74. The van der Waals surface area contributed by atoms with Gasteiger partial charge in [0.15, 0.2) is 0 Å². The van der Waals surface area contributed by atoms with Crippen LogP contribution >= 0.6 is 0 Å². The number of piperidine rings is 1. The molecule has 2 N–H and O–H groups in total. The molecule has 0 spiro atoms. The van der Waals surface area contributed by atoms with Crippen LogP contribution in [0.4, 0.5) is 4.79 Å². The van der Waals surface area contributed by atoms with Gasteiger partial charge in [0.05, 0.1) is 0 Å². The molecule has 1 aliphatic rings. The van der Waals surface area contributed by atoms with E-state index in [2.05, 4.69) is 46.1 Å². The summed E-state index contributed by atoms with van der Waals surface area (Å²) >= 11 is 0. The van der Waals surface area contributed by atoms with Gasteiger partial charge in [0, 0.05) is 19.1 Å². The minimum atomic E-state index is -1.84. The van der Waals surface area contributed by atoms with Crippen LogP contribution in [0.3, 0.4) is 0 Å². The monoisotopic (exact) mass is 288 g/mol. The van der Waals surface area contributed by atoms with E-state index >= 15 is 0 Å². The minimum Gasteiger partial charge on any atom is -0.465 e. The summed E-state index contributed by atoms with van der Waals surface area (Å²) in [5.74, 6) is 0.440. The highest BCUT2D eigenvalue weighted by Gasteiger charge is 2.41. The largest absolute Gasteiger partial charge is 0.465 e. The van der Waals surface area contributed by atoms with Gasteiger partial charge < -0.3 is 15.0 Å². The van der Waals surface area contributed by atoms with E-state index < -0.39 is 14.4 Å². The van der Waals surface area contributed by atoms with E-state index in [1.54, 1.807) is 0 Å². The molecule has 5 nitrogen and oxygen atoms in total. The molecular formula is C13H28N2O3Si. The van der Waals surface area contributed by atoms with Crippen LogP contribution in [0.1, 0.15) is 34.1 Å². The second kappa shape index (κ2) is 5.81. The van der Waals surface area contributed by atoms with Crippen molar-refractivity contribution in [1.29, 1.82) is 0 Å². The van der Waals surface area contributed by atoms with E-state index in [1.807, 2.05) is 5.06 Å². The third-order valence-corrected chi connectivity index (χ3v) is 8.44. The van der Waals surface area contributed by atoms with Crippen LogP contribution in [0.25, 0.3) is 0 Å². The fraction of sp³-hybridized carbons (Fsp3) is 0.923. The number of nitrogens with zero attached hydrogens (tertiary/aromatic N) is 1. The Balaban J connectivity index is 2.65. The molecule has 1 amide bonds. The molecule has 1 aliphatic heterocycles. The Kier molecular flexibility index (Phi) is 5.03. The maximum atomic E-state index is 10.8. The molecule has 6 heteroatoms. The molecule has 1 saturated heterocycles. The van der Waals surface area contributed by atoms with Gasteiger partial charge in [-0.15, -0.1) is 0 Å². The van der Waals surface area contributed by atoms with Gasteiger partial charge in [-0.2, -0.15) is 5.06 Å². The lowest BCUT2D eigenvalue weighted by Gasteiger charge is -2.43. The Morgan fingerprint density at radius 1 is 1.37 bits per heavy atom.